The third kappa shape index (κ3) is 11.8. The van der Waals surface area contributed by atoms with Crippen LogP contribution in [0.25, 0.3) is 94.3 Å². The van der Waals surface area contributed by atoms with E-state index in [2.05, 4.69) is 396 Å². The second-order valence-electron chi connectivity index (χ2n) is 31.9. The van der Waals surface area contributed by atoms with Crippen LogP contribution in [-0.2, 0) is 10.8 Å². The smallest absolute Gasteiger partial charge is 0.252 e. The summed E-state index contributed by atoms with van der Waals surface area (Å²) < 4.78 is 54.5. The summed E-state index contributed by atoms with van der Waals surface area (Å²) in [6.07, 6.45) is 0. The van der Waals surface area contributed by atoms with Crippen LogP contribution in [-0.4, -0.2) is 19.4 Å². The summed E-state index contributed by atoms with van der Waals surface area (Å²) in [5.41, 5.74) is 26.8. The lowest BCUT2D eigenvalue weighted by Gasteiger charge is -2.46. The number of fused-ring (bicyclic) bond motifs is 7. The summed E-state index contributed by atoms with van der Waals surface area (Å²) in [4.78, 5) is 5.21. The Bertz CT molecular complexity index is 6340. The molecule has 3 heterocycles. The Hall–Kier alpha value is -12.8. The molecular weight excluding hydrogens is 1350 g/mol. The highest BCUT2D eigenvalue weighted by Gasteiger charge is 2.47. The van der Waals surface area contributed by atoms with Crippen LogP contribution in [0.5, 0.6) is 0 Å². The van der Waals surface area contributed by atoms with Crippen LogP contribution in [0.1, 0.15) is 72.0 Å². The van der Waals surface area contributed by atoms with Gasteiger partial charge in [0.15, 0.2) is 8.07 Å². The van der Waals surface area contributed by atoms with Crippen molar-refractivity contribution in [1.29, 1.82) is 0 Å². The third-order valence-corrected chi connectivity index (χ3v) is 28.0. The van der Waals surface area contributed by atoms with Crippen molar-refractivity contribution in [2.75, 3.05) is 9.80 Å². The largest absolute Gasteiger partial charge is 0.310 e. The first-order valence-corrected chi connectivity index (χ1v) is 40.7. The Kier molecular flexibility index (Phi) is 15.3. The summed E-state index contributed by atoms with van der Waals surface area (Å²) in [5.74, 6) is 0. The van der Waals surface area contributed by atoms with Crippen LogP contribution in [0.15, 0.2) is 376 Å². The van der Waals surface area contributed by atoms with Crippen molar-refractivity contribution in [2.45, 2.75) is 66.1 Å². The van der Waals surface area contributed by atoms with Crippen LogP contribution in [0, 0.1) is 13.7 Å². The van der Waals surface area contributed by atoms with Crippen LogP contribution in [0.4, 0.5) is 34.1 Å². The van der Waals surface area contributed by atoms with Crippen molar-refractivity contribution in [3.05, 3.63) is 398 Å². The van der Waals surface area contributed by atoms with Crippen molar-refractivity contribution >= 4 is 108 Å². The van der Waals surface area contributed by atoms with Crippen molar-refractivity contribution in [2.24, 2.45) is 0 Å². The lowest BCUT2D eigenvalue weighted by molar-refractivity contribution is 0.569. The minimum atomic E-state index is -2.93. The predicted octanol–water partition coefficient (Wildman–Crippen LogP) is 23.5. The molecule has 17 aromatic rings. The van der Waals surface area contributed by atoms with Gasteiger partial charge in [0.2, 0.25) is 0 Å². The van der Waals surface area contributed by atoms with E-state index in [1.807, 2.05) is 12.1 Å². The summed E-state index contributed by atoms with van der Waals surface area (Å²) in [6, 6.07) is 137. The molecule has 16 aromatic carbocycles. The Morgan fingerprint density at radius 2 is 0.667 bits per heavy atom. The maximum atomic E-state index is 8.72. The molecular formula is C106H86BN3Si. The van der Waals surface area contributed by atoms with Gasteiger partial charge in [-0.05, 0) is 172 Å². The lowest BCUT2D eigenvalue weighted by atomic mass is 9.33. The van der Waals surface area contributed by atoms with Gasteiger partial charge < -0.3 is 14.4 Å². The molecule has 532 valence electrons. The topological polar surface area (TPSA) is 11.4 Å². The van der Waals surface area contributed by atoms with Gasteiger partial charge in [-0.25, -0.2) is 0 Å². The van der Waals surface area contributed by atoms with Gasteiger partial charge in [0.25, 0.3) is 6.71 Å². The zero-order valence-electron chi connectivity index (χ0n) is 69.2. The summed E-state index contributed by atoms with van der Waals surface area (Å²) in [5, 5.41) is 6.50. The fourth-order valence-electron chi connectivity index (χ4n) is 17.9. The molecule has 0 N–H and O–H groups in total. The molecule has 0 unspecified atom stereocenters. The number of anilines is 6. The maximum Gasteiger partial charge on any atom is 0.252 e. The molecule has 0 saturated carbocycles. The van der Waals surface area contributed by atoms with Crippen molar-refractivity contribution in [1.82, 2.24) is 4.57 Å². The second kappa shape index (κ2) is 27.4. The molecule has 2 aliphatic heterocycles. The van der Waals surface area contributed by atoms with E-state index in [1.54, 1.807) is 24.3 Å². The SMILES string of the molecule is [2H]C([2H])([2H])c1ccc2c(c1)c1cc(C([2H])([2H])[2H])ccc1n2-c1ccc2c(c1)N(c1c(-c3ccccc3)cccc1-c1ccccc1)c1cc(-c3cc(C(C)(C)C)cc(C(C)(C)C)c3)cc3c1B2c1cc(-c2ccc([Si](c4ccccc4)(c4ccccc4)c4ccccc4)cc2)ccc1N3c1c(-c2ccccc2)cccc1-c1ccccc1. The summed E-state index contributed by atoms with van der Waals surface area (Å²) in [7, 11) is -2.93. The number of rotatable bonds is 13. The average Bonchev–Trinajstić information content (AvgIpc) is 0.884. The van der Waals surface area contributed by atoms with E-state index in [-0.39, 0.29) is 22.0 Å². The predicted molar refractivity (Wildman–Crippen MR) is 478 cm³/mol. The van der Waals surface area contributed by atoms with Crippen LogP contribution < -0.4 is 46.9 Å². The van der Waals surface area contributed by atoms with E-state index in [0.717, 1.165) is 134 Å². The molecule has 3 nitrogen and oxygen atoms in total. The quantitative estimate of drug-likeness (QED) is 0.0842. The van der Waals surface area contributed by atoms with E-state index in [9.17, 15) is 0 Å². The molecule has 0 amide bonds. The Balaban J connectivity index is 0.968. The first-order chi connectivity index (χ1) is 56.6. The van der Waals surface area contributed by atoms with Crippen LogP contribution in [0.2, 0.25) is 0 Å². The molecule has 5 heteroatoms. The summed E-state index contributed by atoms with van der Waals surface area (Å²) in [6.45, 7) is 8.62. The van der Waals surface area contributed by atoms with E-state index in [4.69, 9.17) is 8.22 Å². The zero-order chi connectivity index (χ0) is 80.3. The Labute approximate surface area is 663 Å². The molecule has 0 aliphatic carbocycles. The van der Waals surface area contributed by atoms with Crippen molar-refractivity contribution < 1.29 is 8.22 Å². The highest BCUT2D eigenvalue weighted by atomic mass is 28.3. The molecule has 0 fully saturated rings. The normalized spacial score (nSPS) is 13.7. The highest BCUT2D eigenvalue weighted by molar-refractivity contribution is 7.20. The van der Waals surface area contributed by atoms with E-state index >= 15 is 0 Å². The first-order valence-electron chi connectivity index (χ1n) is 41.7. The fraction of sp³-hybridized carbons (Fsp3) is 0.0943. The van der Waals surface area contributed by atoms with Gasteiger partial charge in [0.1, 0.15) is 0 Å². The molecule has 19 rings (SSSR count). The maximum absolute atomic E-state index is 8.72. The van der Waals surface area contributed by atoms with Gasteiger partial charge >= 0.3 is 0 Å². The number of hydrogen-bond acceptors (Lipinski definition) is 2. The Morgan fingerprint density at radius 3 is 1.08 bits per heavy atom. The Morgan fingerprint density at radius 1 is 0.279 bits per heavy atom. The first kappa shape index (κ1) is 62.1. The molecule has 0 radical (unpaired) electrons. The molecule has 0 spiro atoms. The average molecular weight is 1450 g/mol. The summed E-state index contributed by atoms with van der Waals surface area (Å²) >= 11 is 0. The number of benzene rings is 16. The molecule has 0 atom stereocenters. The number of para-hydroxylation sites is 2. The minimum absolute atomic E-state index is 0.172. The monoisotopic (exact) mass is 1450 g/mol. The van der Waals surface area contributed by atoms with Gasteiger partial charge in [-0.3, -0.25) is 0 Å². The standard InChI is InChI=1S/C106H86BN3Si/c1-71-50-59-96-92(62-71)93-63-72(2)51-60-97(93)108(96)83-55-58-94-99(70-83)110(104-90(76-36-20-11-21-37-76)48-31-49-91(104)77-38-22-12-23-39-77)101-68-80(79-64-81(105(3,4)5)69-82(65-79)106(6,7)8)67-100-102(101)107(94)95-66-78(54-61-98(95)109(100)103-88(74-32-16-9-17-33-74)46-30-47-89(103)75-34-18-10-19-35-75)73-52-56-87(57-53-73)111(84-40-24-13-25-41-84,85-42-26-14-27-43-85)86-44-28-15-29-45-86/h9-70H,1-8H3/i1D3,2D3. The molecule has 0 bridgehead atoms. The molecule has 111 heavy (non-hydrogen) atoms. The van der Waals surface area contributed by atoms with E-state index in [0.29, 0.717) is 10.8 Å². The van der Waals surface area contributed by atoms with Gasteiger partial charge in [0.05, 0.1) is 22.4 Å². The van der Waals surface area contributed by atoms with Crippen LogP contribution in [0.3, 0.4) is 0 Å². The number of aryl methyl sites for hydroxylation is 2. The van der Waals surface area contributed by atoms with Gasteiger partial charge in [-0.2, -0.15) is 0 Å². The number of aromatic nitrogens is 1. The van der Waals surface area contributed by atoms with Crippen LogP contribution >= 0.6 is 0 Å². The third-order valence-electron chi connectivity index (χ3n) is 23.2. The van der Waals surface area contributed by atoms with E-state index in [1.165, 1.54) is 31.9 Å². The fourth-order valence-corrected chi connectivity index (χ4v) is 22.6. The zero-order valence-corrected chi connectivity index (χ0v) is 64.2. The second-order valence-corrected chi connectivity index (χ2v) is 35.7. The molecule has 2 aliphatic rings. The molecule has 0 saturated heterocycles. The van der Waals surface area contributed by atoms with Gasteiger partial charge in [-0.15, -0.1) is 0 Å². The van der Waals surface area contributed by atoms with Crippen molar-refractivity contribution in [3.8, 4) is 72.4 Å². The number of nitrogens with zero attached hydrogens (tertiary/aromatic N) is 3. The van der Waals surface area contributed by atoms with Gasteiger partial charge in [-0.1, -0.05) is 374 Å². The number of hydrogen-bond donors (Lipinski definition) is 0. The lowest BCUT2D eigenvalue weighted by Crippen LogP contribution is -2.74. The van der Waals surface area contributed by atoms with Crippen molar-refractivity contribution in [3.63, 3.8) is 0 Å². The minimum Gasteiger partial charge on any atom is -0.310 e. The highest BCUT2D eigenvalue weighted by Crippen LogP contribution is 2.55. The molecule has 1 aromatic heterocycles. The van der Waals surface area contributed by atoms with Gasteiger partial charge in [0, 0.05) is 69.7 Å². The van der Waals surface area contributed by atoms with E-state index < -0.39 is 28.5 Å².